The van der Waals surface area contributed by atoms with E-state index in [1.807, 2.05) is 13.8 Å². The van der Waals surface area contributed by atoms with Crippen LogP contribution in [0.1, 0.15) is 13.8 Å². The number of piperazine rings is 1. The standard InChI is InChI=1S/C20H27F3N6O2/c1-13-10-25-11-14(2)29(13)19(31)27-9-8-26-18(30)16(17(24)20(21,22)23)12-28-15-6-4-3-5-7-15/h3-7,12-14,24-25,28H,8-11H2,1-2H3,(H,26,30)(H,27,31)/b16-12+,24-17?. The zero-order valence-corrected chi connectivity index (χ0v) is 17.3. The van der Waals surface area contributed by atoms with Gasteiger partial charge >= 0.3 is 12.2 Å². The molecule has 2 unspecified atom stereocenters. The number of anilines is 1. The van der Waals surface area contributed by atoms with Crippen molar-refractivity contribution in [3.05, 3.63) is 42.1 Å². The van der Waals surface area contributed by atoms with Gasteiger partial charge in [-0.05, 0) is 26.0 Å². The van der Waals surface area contributed by atoms with Gasteiger partial charge in [0, 0.05) is 50.2 Å². The van der Waals surface area contributed by atoms with Crippen LogP contribution in [0.4, 0.5) is 23.7 Å². The number of rotatable bonds is 7. The molecule has 1 heterocycles. The minimum atomic E-state index is -4.98. The predicted octanol–water partition coefficient (Wildman–Crippen LogP) is 2.07. The molecule has 8 nitrogen and oxygen atoms in total. The molecular weight excluding hydrogens is 413 g/mol. The highest BCUT2D eigenvalue weighted by Crippen LogP contribution is 2.21. The monoisotopic (exact) mass is 440 g/mol. The van der Waals surface area contributed by atoms with Crippen LogP contribution < -0.4 is 21.3 Å². The van der Waals surface area contributed by atoms with Crippen LogP contribution in [0.2, 0.25) is 0 Å². The van der Waals surface area contributed by atoms with Crippen LogP contribution in [-0.4, -0.2) is 67.0 Å². The van der Waals surface area contributed by atoms with Crippen LogP contribution in [0.5, 0.6) is 0 Å². The Labute approximate surface area is 178 Å². The van der Waals surface area contributed by atoms with Crippen molar-refractivity contribution in [2.75, 3.05) is 31.5 Å². The molecule has 1 saturated heterocycles. The van der Waals surface area contributed by atoms with E-state index in [1.54, 1.807) is 35.2 Å². The highest BCUT2D eigenvalue weighted by atomic mass is 19.4. The van der Waals surface area contributed by atoms with Crippen molar-refractivity contribution in [3.63, 3.8) is 0 Å². The SMILES string of the molecule is CC1CNCC(C)N1C(=O)NCCNC(=O)/C(=C/Nc1ccccc1)C(=N)C(F)(F)F. The number of halogens is 3. The van der Waals surface area contributed by atoms with Crippen molar-refractivity contribution in [2.45, 2.75) is 32.1 Å². The minimum Gasteiger partial charge on any atom is -0.361 e. The zero-order chi connectivity index (χ0) is 23.0. The second-order valence-electron chi connectivity index (χ2n) is 7.19. The van der Waals surface area contributed by atoms with Crippen LogP contribution in [0.25, 0.3) is 0 Å². The van der Waals surface area contributed by atoms with Crippen LogP contribution in [0.3, 0.4) is 0 Å². The smallest absolute Gasteiger partial charge is 0.361 e. The van der Waals surface area contributed by atoms with E-state index < -0.39 is 23.4 Å². The highest BCUT2D eigenvalue weighted by Gasteiger charge is 2.39. The summed E-state index contributed by atoms with van der Waals surface area (Å²) in [5.41, 5.74) is -2.15. The number of urea groups is 1. The van der Waals surface area contributed by atoms with Crippen LogP contribution >= 0.6 is 0 Å². The van der Waals surface area contributed by atoms with Crippen LogP contribution in [0.15, 0.2) is 42.1 Å². The molecule has 1 aliphatic rings. The third-order valence-corrected chi connectivity index (χ3v) is 4.70. The van der Waals surface area contributed by atoms with Crippen molar-refractivity contribution in [2.24, 2.45) is 0 Å². The number of carbonyl (C=O) groups excluding carboxylic acids is 2. The summed E-state index contributed by atoms with van der Waals surface area (Å²) >= 11 is 0. The number of benzene rings is 1. The maximum atomic E-state index is 13.0. The Morgan fingerprint density at radius 2 is 1.71 bits per heavy atom. The van der Waals surface area contributed by atoms with E-state index in [2.05, 4.69) is 21.3 Å². The topological polar surface area (TPSA) is 109 Å². The Hall–Kier alpha value is -3.08. The summed E-state index contributed by atoms with van der Waals surface area (Å²) in [6, 6.07) is 7.97. The van der Waals surface area contributed by atoms with Gasteiger partial charge in [0.1, 0.15) is 5.71 Å². The molecule has 2 atom stereocenters. The predicted molar refractivity (Wildman–Crippen MR) is 112 cm³/mol. The van der Waals surface area contributed by atoms with Gasteiger partial charge in [-0.1, -0.05) is 18.2 Å². The van der Waals surface area contributed by atoms with Gasteiger partial charge in [-0.25, -0.2) is 4.79 Å². The van der Waals surface area contributed by atoms with Gasteiger partial charge in [-0.3, -0.25) is 10.2 Å². The summed E-state index contributed by atoms with van der Waals surface area (Å²) < 4.78 is 39.1. The van der Waals surface area contributed by atoms with Gasteiger partial charge in [0.05, 0.1) is 5.57 Å². The Bertz CT molecular complexity index is 803. The molecule has 0 aromatic heterocycles. The number of nitrogens with zero attached hydrogens (tertiary/aromatic N) is 1. The number of para-hydroxylation sites is 1. The Kier molecular flexibility index (Phi) is 8.43. The molecule has 0 radical (unpaired) electrons. The molecule has 0 saturated carbocycles. The van der Waals surface area contributed by atoms with E-state index in [1.165, 1.54) is 0 Å². The maximum absolute atomic E-state index is 13.0. The molecule has 31 heavy (non-hydrogen) atoms. The number of nitrogens with one attached hydrogen (secondary N) is 5. The lowest BCUT2D eigenvalue weighted by Crippen LogP contribution is -2.60. The molecule has 5 N–H and O–H groups in total. The Balaban J connectivity index is 1.94. The number of amides is 3. The average Bonchev–Trinajstić information content (AvgIpc) is 2.71. The Morgan fingerprint density at radius 1 is 1.13 bits per heavy atom. The van der Waals surface area contributed by atoms with Gasteiger partial charge in [-0.15, -0.1) is 0 Å². The molecule has 11 heteroatoms. The van der Waals surface area contributed by atoms with Gasteiger partial charge in [0.15, 0.2) is 0 Å². The molecule has 1 aromatic carbocycles. The van der Waals surface area contributed by atoms with Gasteiger partial charge < -0.3 is 26.2 Å². The third-order valence-electron chi connectivity index (χ3n) is 4.70. The first-order chi connectivity index (χ1) is 14.6. The van der Waals surface area contributed by atoms with Crippen molar-refractivity contribution in [3.8, 4) is 0 Å². The van der Waals surface area contributed by atoms with E-state index >= 15 is 0 Å². The van der Waals surface area contributed by atoms with E-state index in [-0.39, 0.29) is 31.2 Å². The Morgan fingerprint density at radius 3 is 2.29 bits per heavy atom. The van der Waals surface area contributed by atoms with Crippen molar-refractivity contribution < 1.29 is 22.8 Å². The van der Waals surface area contributed by atoms with E-state index in [9.17, 15) is 22.8 Å². The lowest BCUT2D eigenvalue weighted by molar-refractivity contribution is -0.117. The third kappa shape index (κ3) is 6.99. The summed E-state index contributed by atoms with van der Waals surface area (Å²) in [7, 11) is 0. The second-order valence-corrected chi connectivity index (χ2v) is 7.19. The molecular formula is C20H27F3N6O2. The van der Waals surface area contributed by atoms with Crippen LogP contribution in [0, 0.1) is 5.41 Å². The number of carbonyl (C=O) groups is 2. The number of hydrogen-bond donors (Lipinski definition) is 5. The molecule has 1 aromatic rings. The van der Waals surface area contributed by atoms with Crippen molar-refractivity contribution in [1.29, 1.82) is 5.41 Å². The lowest BCUT2D eigenvalue weighted by atomic mass is 10.1. The molecule has 0 bridgehead atoms. The largest absolute Gasteiger partial charge is 0.433 e. The summed E-state index contributed by atoms with van der Waals surface area (Å²) in [4.78, 5) is 26.4. The van der Waals surface area contributed by atoms with Crippen molar-refractivity contribution >= 4 is 23.3 Å². The molecule has 1 fully saturated rings. The molecule has 0 spiro atoms. The number of alkyl halides is 3. The fourth-order valence-corrected chi connectivity index (χ4v) is 3.16. The fraction of sp³-hybridized carbons (Fsp3) is 0.450. The summed E-state index contributed by atoms with van der Waals surface area (Å²) in [5.74, 6) is -1.07. The van der Waals surface area contributed by atoms with E-state index in [0.717, 1.165) is 6.20 Å². The van der Waals surface area contributed by atoms with Crippen LogP contribution in [-0.2, 0) is 4.79 Å². The van der Waals surface area contributed by atoms with Gasteiger partial charge in [0.2, 0.25) is 0 Å². The average molecular weight is 440 g/mol. The van der Waals surface area contributed by atoms with Gasteiger partial charge in [0.25, 0.3) is 5.91 Å². The molecule has 3 amide bonds. The van der Waals surface area contributed by atoms with E-state index in [4.69, 9.17) is 5.41 Å². The molecule has 0 aliphatic carbocycles. The summed E-state index contributed by atoms with van der Waals surface area (Å²) in [6.45, 7) is 5.08. The summed E-state index contributed by atoms with van der Waals surface area (Å²) in [6.07, 6.45) is -4.13. The van der Waals surface area contributed by atoms with Gasteiger partial charge in [-0.2, -0.15) is 13.2 Å². The first kappa shape index (κ1) is 24.2. The van der Waals surface area contributed by atoms with Crippen molar-refractivity contribution in [1.82, 2.24) is 20.9 Å². The fourth-order valence-electron chi connectivity index (χ4n) is 3.16. The molecule has 2 rings (SSSR count). The molecule has 170 valence electrons. The minimum absolute atomic E-state index is 0.0100. The summed E-state index contributed by atoms with van der Waals surface area (Å²) in [5, 5.41) is 18.1. The number of hydrogen-bond acceptors (Lipinski definition) is 5. The highest BCUT2D eigenvalue weighted by molar-refractivity contribution is 6.22. The zero-order valence-electron chi connectivity index (χ0n) is 17.3. The quantitative estimate of drug-likeness (QED) is 0.254. The second kappa shape index (κ2) is 10.8. The van der Waals surface area contributed by atoms with E-state index in [0.29, 0.717) is 18.8 Å². The first-order valence-electron chi connectivity index (χ1n) is 9.84. The maximum Gasteiger partial charge on any atom is 0.433 e. The lowest BCUT2D eigenvalue weighted by Gasteiger charge is -2.39. The first-order valence-corrected chi connectivity index (χ1v) is 9.84. The normalized spacial score (nSPS) is 19.5. The molecule has 1 aliphatic heterocycles.